The summed E-state index contributed by atoms with van der Waals surface area (Å²) >= 11 is 0. The molecule has 22 atom stereocenters. The number of hydrogen-bond donors (Lipinski definition) is 8. The number of fused-ring (bicyclic) bond motifs is 10. The maximum atomic E-state index is 11.5. The summed E-state index contributed by atoms with van der Waals surface area (Å²) in [6, 6.07) is 0. The van der Waals surface area contributed by atoms with Gasteiger partial charge >= 0.3 is 41.5 Å². The first-order chi connectivity index (χ1) is 27.2. The molecule has 11 heteroatoms. The number of hydrogen-bond acceptors (Lipinski definition) is 8. The first kappa shape index (κ1) is 48.2. The molecule has 0 bridgehead atoms. The molecule has 8 aliphatic rings. The number of carbonyl (C=O) groups is 2. The zero-order valence-electron chi connectivity index (χ0n) is 38.5. The van der Waals surface area contributed by atoms with Gasteiger partial charge in [0.05, 0.1) is 36.6 Å². The van der Waals surface area contributed by atoms with Crippen LogP contribution in [0.1, 0.15) is 159 Å². The number of carboxylic acids is 2. The Kier molecular flexibility index (Phi) is 14.6. The Hall–Kier alpha value is -0.300. The SMILES string of the molecule is C[C@H](CCC(=O)O)[C@H]1CC[C@H]2[C@@H]3[C@H](O)C[C@@H]4C[C@H](O)CC[C@]4(C)[C@H]3C[C@H](O)[C@]12C.C[C@H](CCC(=O)O)[C@H]1CC[C@H]2[C@@H]3[C@H](O)C[C@@H]4C[C@H](O)CC[C@]4(C)[C@H]3C[C@H](O)[C@]12C.[H-].[Na+]. The summed E-state index contributed by atoms with van der Waals surface area (Å²) in [6.07, 6.45) is 12.0. The largest absolute Gasteiger partial charge is 1.00 e. The Bertz CT molecular complexity index is 1400. The van der Waals surface area contributed by atoms with E-state index < -0.39 is 24.1 Å². The van der Waals surface area contributed by atoms with E-state index >= 15 is 0 Å². The third-order valence-electron chi connectivity index (χ3n) is 20.7. The van der Waals surface area contributed by atoms with Crippen LogP contribution in [0, 0.1) is 92.7 Å². The molecule has 0 amide bonds. The monoisotopic (exact) mass is 841 g/mol. The minimum Gasteiger partial charge on any atom is -1.00 e. The van der Waals surface area contributed by atoms with Crippen molar-refractivity contribution in [2.75, 3.05) is 0 Å². The molecule has 8 rings (SSSR count). The topological polar surface area (TPSA) is 196 Å². The van der Waals surface area contributed by atoms with Crippen molar-refractivity contribution < 1.29 is 81.4 Å². The van der Waals surface area contributed by atoms with Crippen LogP contribution in [0.5, 0.6) is 0 Å². The third-order valence-corrected chi connectivity index (χ3v) is 20.7. The fraction of sp³-hybridized carbons (Fsp3) is 0.958. The van der Waals surface area contributed by atoms with Gasteiger partial charge in [0.15, 0.2) is 0 Å². The molecule has 8 saturated carbocycles. The molecule has 8 aliphatic carbocycles. The van der Waals surface area contributed by atoms with Crippen LogP contribution >= 0.6 is 0 Å². The van der Waals surface area contributed by atoms with E-state index in [4.69, 9.17) is 10.2 Å². The Labute approximate surface area is 377 Å². The van der Waals surface area contributed by atoms with Crippen molar-refractivity contribution in [1.29, 1.82) is 0 Å². The summed E-state index contributed by atoms with van der Waals surface area (Å²) in [7, 11) is 0. The van der Waals surface area contributed by atoms with E-state index in [9.17, 15) is 40.2 Å². The van der Waals surface area contributed by atoms with Gasteiger partial charge in [0.25, 0.3) is 0 Å². The molecule has 8 fully saturated rings. The smallest absolute Gasteiger partial charge is 1.00 e. The van der Waals surface area contributed by atoms with E-state index in [1.165, 1.54) is 0 Å². The van der Waals surface area contributed by atoms with Gasteiger partial charge in [0.2, 0.25) is 0 Å². The van der Waals surface area contributed by atoms with Crippen LogP contribution in [-0.2, 0) is 9.59 Å². The standard InChI is InChI=1S/2C24H40O5.Na.H/c2*1-13(4-7-21(28)29)16-5-6-17-22-18(12-20(27)24(16,17)3)23(2)9-8-15(25)10-14(23)11-19(22)26;;/h2*13-20,22,25-27H,4-12H2,1-3H3,(H,28,29);;/q;;+1;-1/t2*13-,14+,15-,16-,17+,18+,19-,20+,22+,23+,24-;;/m11../s1. The summed E-state index contributed by atoms with van der Waals surface area (Å²) in [5.74, 6) is 1.99. The summed E-state index contributed by atoms with van der Waals surface area (Å²) < 4.78 is 0. The average molecular weight is 841 g/mol. The van der Waals surface area contributed by atoms with Crippen LogP contribution in [0.15, 0.2) is 0 Å². The van der Waals surface area contributed by atoms with Gasteiger partial charge in [-0.05, 0) is 195 Å². The molecule has 0 aliphatic heterocycles. The first-order valence-electron chi connectivity index (χ1n) is 23.7. The Morgan fingerprint density at radius 2 is 0.898 bits per heavy atom. The summed E-state index contributed by atoms with van der Waals surface area (Å²) in [4.78, 5) is 22.1. The van der Waals surface area contributed by atoms with E-state index in [0.717, 1.165) is 89.9 Å². The predicted molar refractivity (Wildman–Crippen MR) is 221 cm³/mol. The normalized spacial score (nSPS) is 52.0. The van der Waals surface area contributed by atoms with Crippen molar-refractivity contribution in [3.63, 3.8) is 0 Å². The number of aliphatic carboxylic acids is 2. The second-order valence-electron chi connectivity index (χ2n) is 22.9. The summed E-state index contributed by atoms with van der Waals surface area (Å²) in [5.41, 5.74) is -0.286. The predicted octanol–water partition coefficient (Wildman–Crippen LogP) is 4.01. The van der Waals surface area contributed by atoms with Gasteiger partial charge in [-0.3, -0.25) is 9.59 Å². The Balaban J connectivity index is 0.000000220. The Morgan fingerprint density at radius 1 is 0.542 bits per heavy atom. The van der Waals surface area contributed by atoms with Crippen LogP contribution < -0.4 is 29.6 Å². The molecule has 0 unspecified atom stereocenters. The van der Waals surface area contributed by atoms with Crippen LogP contribution in [0.2, 0.25) is 0 Å². The minimum atomic E-state index is -0.748. The molecule has 0 heterocycles. The van der Waals surface area contributed by atoms with Crippen LogP contribution in [-0.4, -0.2) is 89.4 Å². The molecule has 334 valence electrons. The molecule has 0 spiro atoms. The zero-order valence-corrected chi connectivity index (χ0v) is 39.5. The molecule has 0 radical (unpaired) electrons. The fourth-order valence-corrected chi connectivity index (χ4v) is 17.4. The number of aliphatic hydroxyl groups excluding tert-OH is 6. The number of rotatable bonds is 8. The average Bonchev–Trinajstić information content (AvgIpc) is 3.70. The minimum absolute atomic E-state index is 0. The molecule has 10 nitrogen and oxygen atoms in total. The van der Waals surface area contributed by atoms with E-state index in [0.29, 0.717) is 60.2 Å². The third kappa shape index (κ3) is 8.21. The van der Waals surface area contributed by atoms with Crippen molar-refractivity contribution in [3.8, 4) is 0 Å². The molecule has 59 heavy (non-hydrogen) atoms. The van der Waals surface area contributed by atoms with Crippen molar-refractivity contribution in [2.24, 2.45) is 92.7 Å². The molecule has 0 aromatic heterocycles. The molecule has 8 N–H and O–H groups in total. The van der Waals surface area contributed by atoms with Gasteiger partial charge in [-0.1, -0.05) is 41.5 Å². The van der Waals surface area contributed by atoms with Crippen LogP contribution in [0.25, 0.3) is 0 Å². The van der Waals surface area contributed by atoms with E-state index in [1.807, 2.05) is 0 Å². The summed E-state index contributed by atoms with van der Waals surface area (Å²) in [5, 5.41) is 84.0. The van der Waals surface area contributed by atoms with Crippen LogP contribution in [0.3, 0.4) is 0 Å². The van der Waals surface area contributed by atoms with Gasteiger partial charge in [-0.2, -0.15) is 0 Å². The maximum absolute atomic E-state index is 11.5. The van der Waals surface area contributed by atoms with Crippen LogP contribution in [0.4, 0.5) is 0 Å². The van der Waals surface area contributed by atoms with Gasteiger partial charge in [0, 0.05) is 12.8 Å². The van der Waals surface area contributed by atoms with Crippen molar-refractivity contribution in [2.45, 2.75) is 194 Å². The van der Waals surface area contributed by atoms with Crippen molar-refractivity contribution in [1.82, 2.24) is 0 Å². The zero-order chi connectivity index (χ0) is 42.3. The molecule has 0 saturated heterocycles. The first-order valence-corrected chi connectivity index (χ1v) is 23.7. The van der Waals surface area contributed by atoms with E-state index in [1.54, 1.807) is 0 Å². The second kappa shape index (κ2) is 17.9. The van der Waals surface area contributed by atoms with Gasteiger partial charge in [0.1, 0.15) is 0 Å². The van der Waals surface area contributed by atoms with Crippen molar-refractivity contribution >= 4 is 11.9 Å². The van der Waals surface area contributed by atoms with Crippen molar-refractivity contribution in [3.05, 3.63) is 0 Å². The Morgan fingerprint density at radius 3 is 1.24 bits per heavy atom. The van der Waals surface area contributed by atoms with Gasteiger partial charge < -0.3 is 42.3 Å². The fourth-order valence-electron chi connectivity index (χ4n) is 17.4. The molecular weight excluding hydrogens is 760 g/mol. The number of aliphatic hydroxyl groups is 6. The maximum Gasteiger partial charge on any atom is 1.00 e. The molecule has 0 aromatic rings. The molecular formula is C48H81NaO10. The number of carboxylic acid groups (broad SMARTS) is 2. The summed E-state index contributed by atoms with van der Waals surface area (Å²) in [6.45, 7) is 13.4. The van der Waals surface area contributed by atoms with Gasteiger partial charge in [-0.15, -0.1) is 0 Å². The quantitative estimate of drug-likeness (QED) is 0.166. The molecule has 0 aromatic carbocycles. The van der Waals surface area contributed by atoms with E-state index in [-0.39, 0.29) is 114 Å². The second-order valence-corrected chi connectivity index (χ2v) is 22.9. The van der Waals surface area contributed by atoms with Gasteiger partial charge in [-0.25, -0.2) is 0 Å². The van der Waals surface area contributed by atoms with E-state index in [2.05, 4.69) is 41.5 Å².